The average Bonchev–Trinajstić information content (AvgIpc) is 2.75. The van der Waals surface area contributed by atoms with E-state index in [-0.39, 0.29) is 6.03 Å². The maximum atomic E-state index is 12.5. The van der Waals surface area contributed by atoms with E-state index in [1.807, 2.05) is 30.0 Å². The molecule has 0 radical (unpaired) electrons. The first-order valence-corrected chi connectivity index (χ1v) is 10.2. The average molecular weight is 382 g/mol. The van der Waals surface area contributed by atoms with Gasteiger partial charge in [0.05, 0.1) is 13.2 Å². The third-order valence-electron chi connectivity index (χ3n) is 5.16. The van der Waals surface area contributed by atoms with Gasteiger partial charge in [-0.15, -0.1) is 0 Å². The van der Waals surface area contributed by atoms with Crippen molar-refractivity contribution < 1.29 is 9.53 Å². The maximum absolute atomic E-state index is 12.5. The van der Waals surface area contributed by atoms with Crippen molar-refractivity contribution in [2.75, 3.05) is 39.4 Å². The molecule has 0 aliphatic carbocycles. The second-order valence-corrected chi connectivity index (χ2v) is 7.18. The van der Waals surface area contributed by atoms with Crippen LogP contribution in [0.5, 0.6) is 0 Å². The lowest BCUT2D eigenvalue weighted by Crippen LogP contribution is -2.40. The zero-order valence-corrected chi connectivity index (χ0v) is 16.8. The number of hydrogen-bond acceptors (Lipinski definition) is 3. The van der Waals surface area contributed by atoms with Crippen molar-refractivity contribution in [3.05, 3.63) is 71.3 Å². The first kappa shape index (κ1) is 20.4. The fourth-order valence-corrected chi connectivity index (χ4v) is 3.38. The minimum atomic E-state index is -0.00387. The summed E-state index contributed by atoms with van der Waals surface area (Å²) in [5.41, 5.74) is 3.68. The van der Waals surface area contributed by atoms with E-state index in [1.54, 1.807) is 0 Å². The Kier molecular flexibility index (Phi) is 7.88. The van der Waals surface area contributed by atoms with Gasteiger partial charge in [-0.05, 0) is 30.0 Å². The molecule has 2 aromatic carbocycles. The summed E-state index contributed by atoms with van der Waals surface area (Å²) in [6.07, 6.45) is 0.873. The van der Waals surface area contributed by atoms with Crippen molar-refractivity contribution in [1.82, 2.24) is 15.1 Å². The Labute approximate surface area is 168 Å². The number of likely N-dealkylation sites (N-methyl/N-ethyl adjacent to an activating group) is 1. The van der Waals surface area contributed by atoms with Crippen molar-refractivity contribution in [2.45, 2.75) is 26.4 Å². The Bertz CT molecular complexity index is 712. The minimum Gasteiger partial charge on any atom is -0.379 e. The molecule has 1 fully saturated rings. The SMILES string of the molecule is CCN(CCc1ccccc1)C(=O)NCc1ccc(CN2CCOCC2)cc1. The van der Waals surface area contributed by atoms with Crippen LogP contribution in [0.4, 0.5) is 4.79 Å². The first-order valence-electron chi connectivity index (χ1n) is 10.2. The summed E-state index contributed by atoms with van der Waals surface area (Å²) in [6, 6.07) is 18.8. The van der Waals surface area contributed by atoms with Gasteiger partial charge in [0.25, 0.3) is 0 Å². The summed E-state index contributed by atoms with van der Waals surface area (Å²) in [7, 11) is 0. The van der Waals surface area contributed by atoms with Crippen LogP contribution >= 0.6 is 0 Å². The van der Waals surface area contributed by atoms with Gasteiger partial charge in [0.2, 0.25) is 0 Å². The smallest absolute Gasteiger partial charge is 0.317 e. The molecule has 1 heterocycles. The molecule has 0 unspecified atom stereocenters. The highest BCUT2D eigenvalue weighted by molar-refractivity contribution is 5.74. The lowest BCUT2D eigenvalue weighted by atomic mass is 10.1. The van der Waals surface area contributed by atoms with Gasteiger partial charge in [-0.3, -0.25) is 4.90 Å². The minimum absolute atomic E-state index is 0.00387. The van der Waals surface area contributed by atoms with Crippen LogP contribution in [0.1, 0.15) is 23.6 Å². The number of nitrogens with one attached hydrogen (secondary N) is 1. The van der Waals surface area contributed by atoms with Crippen LogP contribution < -0.4 is 5.32 Å². The Hall–Kier alpha value is -2.37. The molecule has 150 valence electrons. The number of ether oxygens (including phenoxy) is 1. The van der Waals surface area contributed by atoms with Gasteiger partial charge in [0.1, 0.15) is 0 Å². The quantitative estimate of drug-likeness (QED) is 0.763. The molecular formula is C23H31N3O2. The molecule has 5 heteroatoms. The lowest BCUT2D eigenvalue weighted by Gasteiger charge is -2.26. The van der Waals surface area contributed by atoms with E-state index in [2.05, 4.69) is 46.6 Å². The number of morpholine rings is 1. The van der Waals surface area contributed by atoms with Crippen LogP contribution in [-0.4, -0.2) is 55.2 Å². The molecular weight excluding hydrogens is 350 g/mol. The maximum Gasteiger partial charge on any atom is 0.317 e. The number of benzene rings is 2. The number of rotatable bonds is 8. The van der Waals surface area contributed by atoms with Gasteiger partial charge < -0.3 is 15.0 Å². The third-order valence-corrected chi connectivity index (χ3v) is 5.16. The molecule has 5 nitrogen and oxygen atoms in total. The lowest BCUT2D eigenvalue weighted by molar-refractivity contribution is 0.0342. The third kappa shape index (κ3) is 6.36. The summed E-state index contributed by atoms with van der Waals surface area (Å²) in [5.74, 6) is 0. The first-order chi connectivity index (χ1) is 13.7. The van der Waals surface area contributed by atoms with Crippen LogP contribution in [0.25, 0.3) is 0 Å². The summed E-state index contributed by atoms with van der Waals surface area (Å²) in [4.78, 5) is 16.8. The van der Waals surface area contributed by atoms with E-state index in [0.717, 1.165) is 51.4 Å². The molecule has 3 rings (SSSR count). The van der Waals surface area contributed by atoms with Crippen molar-refractivity contribution in [2.24, 2.45) is 0 Å². The largest absolute Gasteiger partial charge is 0.379 e. The number of nitrogens with zero attached hydrogens (tertiary/aromatic N) is 2. The Morgan fingerprint density at radius 2 is 1.68 bits per heavy atom. The molecule has 1 aliphatic rings. The topological polar surface area (TPSA) is 44.8 Å². The van der Waals surface area contributed by atoms with Crippen molar-refractivity contribution in [3.63, 3.8) is 0 Å². The molecule has 1 N–H and O–H groups in total. The molecule has 2 aromatic rings. The van der Waals surface area contributed by atoms with E-state index in [1.165, 1.54) is 11.1 Å². The number of carbonyl (C=O) groups is 1. The van der Waals surface area contributed by atoms with Crippen LogP contribution in [-0.2, 0) is 24.2 Å². The standard InChI is InChI=1S/C23H31N3O2/c1-2-26(13-12-20-6-4-3-5-7-20)23(27)24-18-21-8-10-22(11-9-21)19-25-14-16-28-17-15-25/h3-11H,2,12-19H2,1H3,(H,24,27). The fourth-order valence-electron chi connectivity index (χ4n) is 3.38. The van der Waals surface area contributed by atoms with E-state index in [9.17, 15) is 4.79 Å². The van der Waals surface area contributed by atoms with Crippen molar-refractivity contribution in [3.8, 4) is 0 Å². The van der Waals surface area contributed by atoms with Gasteiger partial charge >= 0.3 is 6.03 Å². The van der Waals surface area contributed by atoms with Gasteiger partial charge in [-0.2, -0.15) is 0 Å². The summed E-state index contributed by atoms with van der Waals surface area (Å²) >= 11 is 0. The Morgan fingerprint density at radius 1 is 1.00 bits per heavy atom. The van der Waals surface area contributed by atoms with Gasteiger partial charge in [-0.1, -0.05) is 54.6 Å². The zero-order chi connectivity index (χ0) is 19.6. The fraction of sp³-hybridized carbons (Fsp3) is 0.435. The second-order valence-electron chi connectivity index (χ2n) is 7.18. The summed E-state index contributed by atoms with van der Waals surface area (Å²) in [5, 5.41) is 3.05. The van der Waals surface area contributed by atoms with Crippen LogP contribution in [0.2, 0.25) is 0 Å². The molecule has 1 saturated heterocycles. The van der Waals surface area contributed by atoms with Crippen LogP contribution in [0.15, 0.2) is 54.6 Å². The van der Waals surface area contributed by atoms with Crippen molar-refractivity contribution in [1.29, 1.82) is 0 Å². The molecule has 0 atom stereocenters. The zero-order valence-electron chi connectivity index (χ0n) is 16.8. The molecule has 2 amide bonds. The predicted molar refractivity (Wildman–Crippen MR) is 112 cm³/mol. The number of urea groups is 1. The molecule has 1 aliphatic heterocycles. The molecule has 0 saturated carbocycles. The molecule has 28 heavy (non-hydrogen) atoms. The van der Waals surface area contributed by atoms with Crippen LogP contribution in [0, 0.1) is 0 Å². The predicted octanol–water partition coefficient (Wildman–Crippen LogP) is 3.29. The highest BCUT2D eigenvalue weighted by Gasteiger charge is 2.12. The molecule has 0 aromatic heterocycles. The van der Waals surface area contributed by atoms with Gasteiger partial charge in [-0.25, -0.2) is 4.79 Å². The van der Waals surface area contributed by atoms with Gasteiger partial charge in [0, 0.05) is 39.3 Å². The van der Waals surface area contributed by atoms with Crippen LogP contribution in [0.3, 0.4) is 0 Å². The number of carbonyl (C=O) groups excluding carboxylic acids is 1. The Morgan fingerprint density at radius 3 is 2.36 bits per heavy atom. The Balaban J connectivity index is 1.43. The van der Waals surface area contributed by atoms with E-state index >= 15 is 0 Å². The summed E-state index contributed by atoms with van der Waals surface area (Å²) < 4.78 is 5.40. The highest BCUT2D eigenvalue weighted by Crippen LogP contribution is 2.09. The second kappa shape index (κ2) is 10.8. The number of hydrogen-bond donors (Lipinski definition) is 1. The normalized spacial score (nSPS) is 14.6. The van der Waals surface area contributed by atoms with E-state index < -0.39 is 0 Å². The van der Waals surface area contributed by atoms with Crippen molar-refractivity contribution >= 4 is 6.03 Å². The summed E-state index contributed by atoms with van der Waals surface area (Å²) in [6.45, 7) is 8.59. The molecule has 0 spiro atoms. The highest BCUT2D eigenvalue weighted by atomic mass is 16.5. The van der Waals surface area contributed by atoms with E-state index in [4.69, 9.17) is 4.74 Å². The number of amides is 2. The monoisotopic (exact) mass is 381 g/mol. The van der Waals surface area contributed by atoms with Gasteiger partial charge in [0.15, 0.2) is 0 Å². The molecule has 0 bridgehead atoms. The van der Waals surface area contributed by atoms with E-state index in [0.29, 0.717) is 13.1 Å².